The average molecular weight is 319 g/mol. The van der Waals surface area contributed by atoms with Crippen LogP contribution in [0.2, 0.25) is 5.02 Å². The molecule has 6 nitrogen and oxygen atoms in total. The van der Waals surface area contributed by atoms with E-state index in [1.165, 1.54) is 43.7 Å². The van der Waals surface area contributed by atoms with Gasteiger partial charge in [-0.3, -0.25) is 4.79 Å². The van der Waals surface area contributed by atoms with Crippen molar-refractivity contribution in [2.75, 3.05) is 5.32 Å². The summed E-state index contributed by atoms with van der Waals surface area (Å²) in [6.45, 7) is 1.44. The molecule has 0 saturated carbocycles. The van der Waals surface area contributed by atoms with Gasteiger partial charge in [0.1, 0.15) is 12.3 Å². The number of carbonyl (C=O) groups is 2. The van der Waals surface area contributed by atoms with E-state index < -0.39 is 18.0 Å². The number of amides is 1. The highest BCUT2D eigenvalue weighted by molar-refractivity contribution is 6.32. The van der Waals surface area contributed by atoms with Gasteiger partial charge >= 0.3 is 5.97 Å². The minimum Gasteiger partial charge on any atom is -0.472 e. The highest BCUT2D eigenvalue weighted by atomic mass is 35.5. The van der Waals surface area contributed by atoms with Crippen LogP contribution < -0.4 is 5.32 Å². The van der Waals surface area contributed by atoms with Gasteiger partial charge in [0.15, 0.2) is 6.10 Å². The number of carbonyl (C=O) groups excluding carboxylic acids is 2. The van der Waals surface area contributed by atoms with Gasteiger partial charge in [0.05, 0.1) is 22.4 Å². The van der Waals surface area contributed by atoms with Crippen molar-refractivity contribution in [3.05, 3.63) is 52.9 Å². The number of nitriles is 1. The standard InChI is InChI=1S/C15H11ClN2O4/c1-9(22-15(20)11-4-5-21-8-11)14(19)18-12-3-2-10(7-17)13(16)6-12/h2-6,8-9H,1H3,(H,18,19)/t9-/m0/s1. The molecule has 1 aromatic heterocycles. The van der Waals surface area contributed by atoms with Gasteiger partial charge < -0.3 is 14.5 Å². The quantitative estimate of drug-likeness (QED) is 0.875. The lowest BCUT2D eigenvalue weighted by Gasteiger charge is -2.13. The van der Waals surface area contributed by atoms with E-state index in [0.29, 0.717) is 11.3 Å². The minimum absolute atomic E-state index is 0.223. The van der Waals surface area contributed by atoms with Crippen molar-refractivity contribution < 1.29 is 18.7 Å². The molecule has 1 aromatic carbocycles. The molecule has 0 spiro atoms. The van der Waals surface area contributed by atoms with Gasteiger partial charge in [-0.1, -0.05) is 11.6 Å². The highest BCUT2D eigenvalue weighted by Gasteiger charge is 2.19. The minimum atomic E-state index is -1.00. The van der Waals surface area contributed by atoms with Crippen LogP contribution in [0.5, 0.6) is 0 Å². The molecule has 0 bridgehead atoms. The number of nitrogens with zero attached hydrogens (tertiary/aromatic N) is 1. The molecule has 1 amide bonds. The molecule has 1 atom stereocenters. The first-order valence-electron chi connectivity index (χ1n) is 6.25. The Bertz CT molecular complexity index is 734. The van der Waals surface area contributed by atoms with Gasteiger partial charge in [-0.15, -0.1) is 0 Å². The summed E-state index contributed by atoms with van der Waals surface area (Å²) in [5.41, 5.74) is 0.931. The molecule has 2 rings (SSSR count). The normalized spacial score (nSPS) is 11.3. The molecule has 0 aliphatic heterocycles. The zero-order chi connectivity index (χ0) is 16.1. The number of nitrogens with one attached hydrogen (secondary N) is 1. The highest BCUT2D eigenvalue weighted by Crippen LogP contribution is 2.20. The predicted molar refractivity (Wildman–Crippen MR) is 78.4 cm³/mol. The smallest absolute Gasteiger partial charge is 0.342 e. The Kier molecular flexibility index (Phi) is 4.81. The van der Waals surface area contributed by atoms with Crippen molar-refractivity contribution in [2.45, 2.75) is 13.0 Å². The monoisotopic (exact) mass is 318 g/mol. The Balaban J connectivity index is 1.98. The molecule has 2 aromatic rings. The topological polar surface area (TPSA) is 92.3 Å². The maximum absolute atomic E-state index is 12.0. The van der Waals surface area contributed by atoms with Gasteiger partial charge in [-0.2, -0.15) is 5.26 Å². The van der Waals surface area contributed by atoms with Crippen LogP contribution in [0.3, 0.4) is 0 Å². The second-order valence-corrected chi connectivity index (χ2v) is 4.76. The number of ether oxygens (including phenoxy) is 1. The Labute approximate surface area is 131 Å². The largest absolute Gasteiger partial charge is 0.472 e. The third-order valence-electron chi connectivity index (χ3n) is 2.77. The summed E-state index contributed by atoms with van der Waals surface area (Å²) in [6.07, 6.45) is 1.56. The molecule has 7 heteroatoms. The number of hydrogen-bond donors (Lipinski definition) is 1. The molecule has 112 valence electrons. The third-order valence-corrected chi connectivity index (χ3v) is 3.08. The van der Waals surface area contributed by atoms with Crippen molar-refractivity contribution >= 4 is 29.2 Å². The number of hydrogen-bond acceptors (Lipinski definition) is 5. The van der Waals surface area contributed by atoms with Gasteiger partial charge in [-0.25, -0.2) is 4.79 Å². The first kappa shape index (κ1) is 15.6. The molecule has 1 N–H and O–H groups in total. The Morgan fingerprint density at radius 3 is 2.77 bits per heavy atom. The second-order valence-electron chi connectivity index (χ2n) is 4.36. The maximum Gasteiger partial charge on any atom is 0.342 e. The van der Waals surface area contributed by atoms with E-state index >= 15 is 0 Å². The molecule has 0 aliphatic carbocycles. The van der Waals surface area contributed by atoms with Crippen LogP contribution in [0.4, 0.5) is 5.69 Å². The van der Waals surface area contributed by atoms with E-state index in [-0.39, 0.29) is 10.6 Å². The fourth-order valence-electron chi connectivity index (χ4n) is 1.59. The molecular formula is C15H11ClN2O4. The van der Waals surface area contributed by atoms with Crippen LogP contribution in [-0.2, 0) is 9.53 Å². The zero-order valence-electron chi connectivity index (χ0n) is 11.5. The predicted octanol–water partition coefficient (Wildman–Crippen LogP) is 2.99. The average Bonchev–Trinajstić information content (AvgIpc) is 3.01. The SMILES string of the molecule is C[C@H](OC(=O)c1ccoc1)C(=O)Nc1ccc(C#N)c(Cl)c1. The van der Waals surface area contributed by atoms with E-state index in [9.17, 15) is 9.59 Å². The number of halogens is 1. The Hall–Kier alpha value is -2.78. The van der Waals surface area contributed by atoms with Crippen LogP contribution >= 0.6 is 11.6 Å². The van der Waals surface area contributed by atoms with Crippen LogP contribution in [0.15, 0.2) is 41.2 Å². The molecular weight excluding hydrogens is 308 g/mol. The summed E-state index contributed by atoms with van der Waals surface area (Å²) in [5.74, 6) is -1.17. The van der Waals surface area contributed by atoms with Crippen molar-refractivity contribution in [1.29, 1.82) is 5.26 Å². The molecule has 0 aliphatic rings. The molecule has 22 heavy (non-hydrogen) atoms. The summed E-state index contributed by atoms with van der Waals surface area (Å²) >= 11 is 5.87. The van der Waals surface area contributed by atoms with Crippen LogP contribution in [-0.4, -0.2) is 18.0 Å². The fraction of sp³-hybridized carbons (Fsp3) is 0.133. The first-order chi connectivity index (χ1) is 10.5. The summed E-state index contributed by atoms with van der Waals surface area (Å²) in [5, 5.41) is 11.6. The van der Waals surface area contributed by atoms with Gasteiger partial charge in [0.2, 0.25) is 0 Å². The number of rotatable bonds is 4. The summed E-state index contributed by atoms with van der Waals surface area (Å²) in [4.78, 5) is 23.7. The lowest BCUT2D eigenvalue weighted by molar-refractivity contribution is -0.123. The number of furan rings is 1. The van der Waals surface area contributed by atoms with Crippen molar-refractivity contribution in [3.8, 4) is 6.07 Å². The first-order valence-corrected chi connectivity index (χ1v) is 6.62. The second kappa shape index (κ2) is 6.78. The van der Waals surface area contributed by atoms with Gasteiger partial charge in [-0.05, 0) is 31.2 Å². The molecule has 0 fully saturated rings. The van der Waals surface area contributed by atoms with E-state index in [0.717, 1.165) is 0 Å². The van der Waals surface area contributed by atoms with E-state index in [4.69, 9.17) is 26.0 Å². The van der Waals surface area contributed by atoms with Crippen LogP contribution in [0.25, 0.3) is 0 Å². The van der Waals surface area contributed by atoms with Crippen molar-refractivity contribution in [2.24, 2.45) is 0 Å². The van der Waals surface area contributed by atoms with E-state index in [1.807, 2.05) is 6.07 Å². The number of anilines is 1. The molecule has 1 heterocycles. The molecule has 0 radical (unpaired) electrons. The summed E-state index contributed by atoms with van der Waals surface area (Å²) < 4.78 is 9.77. The van der Waals surface area contributed by atoms with Gasteiger partial charge in [0.25, 0.3) is 5.91 Å². The molecule has 0 saturated heterocycles. The van der Waals surface area contributed by atoms with Crippen molar-refractivity contribution in [1.82, 2.24) is 0 Å². The lowest BCUT2D eigenvalue weighted by Crippen LogP contribution is -2.29. The van der Waals surface area contributed by atoms with E-state index in [2.05, 4.69) is 5.32 Å². The fourth-order valence-corrected chi connectivity index (χ4v) is 1.81. The van der Waals surface area contributed by atoms with Crippen LogP contribution in [0.1, 0.15) is 22.8 Å². The van der Waals surface area contributed by atoms with Crippen molar-refractivity contribution in [3.63, 3.8) is 0 Å². The lowest BCUT2D eigenvalue weighted by atomic mass is 10.2. The van der Waals surface area contributed by atoms with Gasteiger partial charge in [0, 0.05) is 5.69 Å². The Morgan fingerprint density at radius 1 is 1.41 bits per heavy atom. The maximum atomic E-state index is 12.0. The molecule has 0 unspecified atom stereocenters. The summed E-state index contributed by atoms with van der Waals surface area (Å²) in [7, 11) is 0. The van der Waals surface area contributed by atoms with E-state index in [1.54, 1.807) is 0 Å². The van der Waals surface area contributed by atoms with Crippen LogP contribution in [0, 0.1) is 11.3 Å². The zero-order valence-corrected chi connectivity index (χ0v) is 12.3. The summed E-state index contributed by atoms with van der Waals surface area (Å²) in [6, 6.07) is 7.82. The third kappa shape index (κ3) is 3.65. The number of esters is 1. The number of benzene rings is 1. The Morgan fingerprint density at radius 2 is 2.18 bits per heavy atom.